The van der Waals surface area contributed by atoms with Gasteiger partial charge in [0.25, 0.3) is 0 Å². The molecule has 0 saturated carbocycles. The molecule has 0 amide bonds. The van der Waals surface area contributed by atoms with E-state index in [4.69, 9.17) is 0 Å². The lowest BCUT2D eigenvalue weighted by Crippen LogP contribution is -2.18. The molecule has 1 fully saturated rings. The van der Waals surface area contributed by atoms with Crippen molar-refractivity contribution in [3.8, 4) is 0 Å². The van der Waals surface area contributed by atoms with E-state index < -0.39 is 0 Å². The molecule has 1 aromatic heterocycles. The van der Waals surface area contributed by atoms with Gasteiger partial charge in [0.15, 0.2) is 5.82 Å². The lowest BCUT2D eigenvalue weighted by atomic mass is 10.2. The Morgan fingerprint density at radius 3 is 3.14 bits per heavy atom. The van der Waals surface area contributed by atoms with Crippen LogP contribution in [0.15, 0.2) is 0 Å². The van der Waals surface area contributed by atoms with Gasteiger partial charge in [-0.1, -0.05) is 6.92 Å². The van der Waals surface area contributed by atoms with E-state index in [1.807, 2.05) is 23.5 Å². The van der Waals surface area contributed by atoms with E-state index in [2.05, 4.69) is 27.8 Å². The molecule has 6 heteroatoms. The van der Waals surface area contributed by atoms with Gasteiger partial charge in [0.1, 0.15) is 0 Å². The fraction of sp³-hybridized carbons (Fsp3) is 0.875. The van der Waals surface area contributed by atoms with Gasteiger partial charge in [-0.15, -0.1) is 5.10 Å². The van der Waals surface area contributed by atoms with Gasteiger partial charge in [-0.25, -0.2) is 4.68 Å². The van der Waals surface area contributed by atoms with Crippen LogP contribution in [-0.2, 0) is 6.54 Å². The van der Waals surface area contributed by atoms with Gasteiger partial charge in [-0.3, -0.25) is 0 Å². The van der Waals surface area contributed by atoms with Crippen LogP contribution in [0.5, 0.6) is 0 Å². The topological polar surface area (TPSA) is 55.6 Å². The van der Waals surface area contributed by atoms with Gasteiger partial charge < -0.3 is 5.32 Å². The Morgan fingerprint density at radius 2 is 2.50 bits per heavy atom. The Bertz CT molecular complexity index is 300. The minimum Gasteiger partial charge on any atom is -0.313 e. The first-order valence-electron chi connectivity index (χ1n) is 4.84. The fourth-order valence-electron chi connectivity index (χ4n) is 1.74. The molecule has 0 aliphatic carbocycles. The molecule has 0 aromatic carbocycles. The van der Waals surface area contributed by atoms with Crippen molar-refractivity contribution in [2.24, 2.45) is 0 Å². The normalized spacial score (nSPS) is 27.0. The predicted molar refractivity (Wildman–Crippen MR) is 56.2 cm³/mol. The Kier molecular flexibility index (Phi) is 3.02. The molecule has 2 heterocycles. The quantitative estimate of drug-likeness (QED) is 0.790. The highest BCUT2D eigenvalue weighted by Crippen LogP contribution is 2.33. The van der Waals surface area contributed by atoms with Crippen LogP contribution in [0.3, 0.4) is 0 Å². The largest absolute Gasteiger partial charge is 0.313 e. The van der Waals surface area contributed by atoms with E-state index in [1.165, 1.54) is 6.42 Å². The average Bonchev–Trinajstić information content (AvgIpc) is 2.74. The number of tetrazole rings is 1. The maximum atomic E-state index is 4.05. The van der Waals surface area contributed by atoms with Crippen LogP contribution in [0.4, 0.5) is 0 Å². The van der Waals surface area contributed by atoms with Crippen LogP contribution >= 0.6 is 11.8 Å². The monoisotopic (exact) mass is 213 g/mol. The van der Waals surface area contributed by atoms with Gasteiger partial charge >= 0.3 is 0 Å². The van der Waals surface area contributed by atoms with E-state index in [1.54, 1.807) is 0 Å². The predicted octanol–water partition coefficient (Wildman–Crippen LogP) is 0.459. The summed E-state index contributed by atoms with van der Waals surface area (Å²) in [6, 6.07) is 0.480. The van der Waals surface area contributed by atoms with Gasteiger partial charge in [0, 0.05) is 11.0 Å². The number of aromatic nitrogens is 4. The standard InChI is InChI=1S/C8H15N5S/c1-6-3-7(5-14-6)13-8(4-9-2)10-11-12-13/h6-7,9H,3-5H2,1-2H3. The van der Waals surface area contributed by atoms with Crippen LogP contribution < -0.4 is 5.32 Å². The molecule has 78 valence electrons. The van der Waals surface area contributed by atoms with Crippen LogP contribution in [0, 0.1) is 0 Å². The summed E-state index contributed by atoms with van der Waals surface area (Å²) in [4.78, 5) is 0. The number of nitrogens with one attached hydrogen (secondary N) is 1. The molecule has 1 aliphatic heterocycles. The highest BCUT2D eigenvalue weighted by Gasteiger charge is 2.26. The number of nitrogens with zero attached hydrogens (tertiary/aromatic N) is 4. The molecule has 5 nitrogen and oxygen atoms in total. The third-order valence-corrected chi connectivity index (χ3v) is 3.76. The Labute approximate surface area is 87.6 Å². The molecule has 1 aliphatic rings. The van der Waals surface area contributed by atoms with Crippen molar-refractivity contribution < 1.29 is 0 Å². The summed E-state index contributed by atoms with van der Waals surface area (Å²) >= 11 is 1.99. The zero-order valence-electron chi connectivity index (χ0n) is 8.47. The molecule has 2 atom stereocenters. The first-order valence-corrected chi connectivity index (χ1v) is 5.89. The molecular formula is C8H15N5S. The Balaban J connectivity index is 2.11. The first-order chi connectivity index (χ1) is 6.81. The van der Waals surface area contributed by atoms with Crippen LogP contribution in [0.2, 0.25) is 0 Å². The summed E-state index contributed by atoms with van der Waals surface area (Å²) < 4.78 is 1.97. The van der Waals surface area contributed by atoms with E-state index in [0.29, 0.717) is 6.04 Å². The third kappa shape index (κ3) is 1.90. The molecule has 1 aromatic rings. The van der Waals surface area contributed by atoms with Gasteiger partial charge in [0.05, 0.1) is 12.6 Å². The molecule has 2 rings (SSSR count). The second kappa shape index (κ2) is 4.27. The number of hydrogen-bond acceptors (Lipinski definition) is 5. The number of thioether (sulfide) groups is 1. The molecule has 0 radical (unpaired) electrons. The summed E-state index contributed by atoms with van der Waals surface area (Å²) in [5, 5.41) is 15.6. The average molecular weight is 213 g/mol. The van der Waals surface area contributed by atoms with Crippen molar-refractivity contribution in [1.29, 1.82) is 0 Å². The summed E-state index contributed by atoms with van der Waals surface area (Å²) in [6.07, 6.45) is 1.17. The van der Waals surface area contributed by atoms with Crippen molar-refractivity contribution in [1.82, 2.24) is 25.5 Å². The smallest absolute Gasteiger partial charge is 0.165 e. The summed E-state index contributed by atoms with van der Waals surface area (Å²) in [7, 11) is 1.91. The first kappa shape index (κ1) is 9.92. The van der Waals surface area contributed by atoms with Crippen LogP contribution in [0.1, 0.15) is 25.2 Å². The molecule has 1 N–H and O–H groups in total. The summed E-state index contributed by atoms with van der Waals surface area (Å²) in [6.45, 7) is 3.00. The van der Waals surface area contributed by atoms with E-state index in [-0.39, 0.29) is 0 Å². The van der Waals surface area contributed by atoms with Crippen molar-refractivity contribution in [2.75, 3.05) is 12.8 Å². The maximum Gasteiger partial charge on any atom is 0.165 e. The van der Waals surface area contributed by atoms with Crippen molar-refractivity contribution in [3.63, 3.8) is 0 Å². The van der Waals surface area contributed by atoms with Gasteiger partial charge in [-0.2, -0.15) is 11.8 Å². The molecular weight excluding hydrogens is 198 g/mol. The van der Waals surface area contributed by atoms with Crippen LogP contribution in [-0.4, -0.2) is 38.3 Å². The van der Waals surface area contributed by atoms with Crippen molar-refractivity contribution >= 4 is 11.8 Å². The zero-order chi connectivity index (χ0) is 9.97. The molecule has 2 unspecified atom stereocenters. The molecule has 1 saturated heterocycles. The lowest BCUT2D eigenvalue weighted by Gasteiger charge is -2.10. The minimum absolute atomic E-state index is 0.480. The number of rotatable bonds is 3. The van der Waals surface area contributed by atoms with Gasteiger partial charge in [-0.05, 0) is 23.9 Å². The lowest BCUT2D eigenvalue weighted by molar-refractivity contribution is 0.450. The Morgan fingerprint density at radius 1 is 1.64 bits per heavy atom. The second-order valence-corrected chi connectivity index (χ2v) is 5.07. The van der Waals surface area contributed by atoms with E-state index >= 15 is 0 Å². The third-order valence-electron chi connectivity index (χ3n) is 2.42. The second-order valence-electron chi connectivity index (χ2n) is 3.60. The van der Waals surface area contributed by atoms with Crippen molar-refractivity contribution in [2.45, 2.75) is 31.2 Å². The van der Waals surface area contributed by atoms with E-state index in [0.717, 1.165) is 23.4 Å². The maximum absolute atomic E-state index is 4.05. The number of hydrogen-bond donors (Lipinski definition) is 1. The van der Waals surface area contributed by atoms with E-state index in [9.17, 15) is 0 Å². The highest BCUT2D eigenvalue weighted by atomic mass is 32.2. The molecule has 0 bridgehead atoms. The van der Waals surface area contributed by atoms with Crippen molar-refractivity contribution in [3.05, 3.63) is 5.82 Å². The minimum atomic E-state index is 0.480. The highest BCUT2D eigenvalue weighted by molar-refractivity contribution is 8.00. The SMILES string of the molecule is CNCc1nnnn1C1CSC(C)C1. The summed E-state index contributed by atoms with van der Waals surface area (Å²) in [5.74, 6) is 2.07. The fourth-order valence-corrected chi connectivity index (χ4v) is 2.92. The van der Waals surface area contributed by atoms with Crippen LogP contribution in [0.25, 0.3) is 0 Å². The zero-order valence-corrected chi connectivity index (χ0v) is 9.29. The summed E-state index contributed by atoms with van der Waals surface area (Å²) in [5.41, 5.74) is 0. The molecule has 14 heavy (non-hydrogen) atoms. The Hall–Kier alpha value is -0.620. The molecule has 0 spiro atoms. The van der Waals surface area contributed by atoms with Gasteiger partial charge in [0.2, 0.25) is 0 Å².